The van der Waals surface area contributed by atoms with Crippen molar-refractivity contribution in [3.63, 3.8) is 0 Å². The first-order valence-corrected chi connectivity index (χ1v) is 5.80. The maximum atomic E-state index is 5.94. The van der Waals surface area contributed by atoms with E-state index in [1.807, 2.05) is 32.2 Å². The number of pyridine rings is 1. The summed E-state index contributed by atoms with van der Waals surface area (Å²) in [4.78, 5) is 4.49. The summed E-state index contributed by atoms with van der Waals surface area (Å²) in [7, 11) is 1.89. The summed E-state index contributed by atoms with van der Waals surface area (Å²) in [6.07, 6.45) is 1.67. The van der Waals surface area contributed by atoms with Crippen molar-refractivity contribution in [2.45, 2.75) is 6.92 Å². The molecule has 3 rings (SSSR count). The molecule has 90 valence electrons. The maximum absolute atomic E-state index is 5.94. The van der Waals surface area contributed by atoms with Crippen LogP contribution in [0.3, 0.4) is 0 Å². The summed E-state index contributed by atoms with van der Waals surface area (Å²) in [5.74, 6) is 0. The van der Waals surface area contributed by atoms with Crippen molar-refractivity contribution in [1.29, 1.82) is 0 Å². The van der Waals surface area contributed by atoms with Gasteiger partial charge < -0.3 is 5.73 Å². The number of nitrogen functional groups attached to an aromatic ring is 1. The van der Waals surface area contributed by atoms with Crippen LogP contribution in [0.4, 0.5) is 5.69 Å². The average molecular weight is 238 g/mol. The van der Waals surface area contributed by atoms with Gasteiger partial charge >= 0.3 is 0 Å². The minimum Gasteiger partial charge on any atom is -0.396 e. The van der Waals surface area contributed by atoms with Crippen LogP contribution in [0.25, 0.3) is 22.2 Å². The number of hydrogen-bond donors (Lipinski definition) is 1. The van der Waals surface area contributed by atoms with E-state index < -0.39 is 0 Å². The Hall–Kier alpha value is -2.36. The molecule has 1 aromatic carbocycles. The largest absolute Gasteiger partial charge is 0.396 e. The van der Waals surface area contributed by atoms with Gasteiger partial charge in [-0.25, -0.2) is 0 Å². The van der Waals surface area contributed by atoms with Gasteiger partial charge in [0.1, 0.15) is 0 Å². The Morgan fingerprint density at radius 2 is 2.00 bits per heavy atom. The molecule has 0 saturated heterocycles. The lowest BCUT2D eigenvalue weighted by Crippen LogP contribution is -1.96. The van der Waals surface area contributed by atoms with Gasteiger partial charge in [-0.3, -0.25) is 9.67 Å². The first-order valence-electron chi connectivity index (χ1n) is 5.80. The molecule has 2 aromatic heterocycles. The third kappa shape index (κ3) is 1.62. The Kier molecular flexibility index (Phi) is 2.30. The standard InChI is InChI=1S/C14H14N4/c1-9-3-4-10-7-11(5-6-13(10)17-9)14-12(15)8-16-18(14)2/h3-8H,15H2,1-2H3. The van der Waals surface area contributed by atoms with Gasteiger partial charge in [0.25, 0.3) is 0 Å². The molecule has 0 bridgehead atoms. The molecule has 0 unspecified atom stereocenters. The molecule has 4 heteroatoms. The third-order valence-electron chi connectivity index (χ3n) is 3.07. The van der Waals surface area contributed by atoms with Crippen LogP contribution in [0.1, 0.15) is 5.69 Å². The maximum Gasteiger partial charge on any atom is 0.0908 e. The fourth-order valence-electron chi connectivity index (χ4n) is 2.18. The highest BCUT2D eigenvalue weighted by Gasteiger charge is 2.08. The van der Waals surface area contributed by atoms with Crippen LogP contribution in [0, 0.1) is 6.92 Å². The predicted molar refractivity (Wildman–Crippen MR) is 73.1 cm³/mol. The first-order chi connectivity index (χ1) is 8.65. The number of rotatable bonds is 1. The molecule has 3 aromatic rings. The minimum absolute atomic E-state index is 0.692. The number of aryl methyl sites for hydroxylation is 2. The molecule has 0 aliphatic rings. The Bertz CT molecular complexity index is 708. The molecule has 0 amide bonds. The van der Waals surface area contributed by atoms with E-state index in [1.165, 1.54) is 0 Å². The van der Waals surface area contributed by atoms with E-state index >= 15 is 0 Å². The van der Waals surface area contributed by atoms with Crippen LogP contribution in [-0.2, 0) is 7.05 Å². The number of hydrogen-bond acceptors (Lipinski definition) is 3. The van der Waals surface area contributed by atoms with Crippen molar-refractivity contribution in [3.8, 4) is 11.3 Å². The molecule has 0 aliphatic heterocycles. The quantitative estimate of drug-likeness (QED) is 0.708. The van der Waals surface area contributed by atoms with Crippen LogP contribution >= 0.6 is 0 Å². The van der Waals surface area contributed by atoms with Crippen molar-refractivity contribution < 1.29 is 0 Å². The predicted octanol–water partition coefficient (Wildman–Crippen LogP) is 2.53. The molecular weight excluding hydrogens is 224 g/mol. The van der Waals surface area contributed by atoms with E-state index in [0.717, 1.165) is 27.9 Å². The Labute approximate surface area is 105 Å². The monoisotopic (exact) mass is 238 g/mol. The van der Waals surface area contributed by atoms with Gasteiger partial charge in [-0.05, 0) is 25.1 Å². The highest BCUT2D eigenvalue weighted by Crippen LogP contribution is 2.27. The molecule has 0 spiro atoms. The summed E-state index contributed by atoms with van der Waals surface area (Å²) in [5, 5.41) is 5.27. The van der Waals surface area contributed by atoms with Crippen molar-refractivity contribution in [2.24, 2.45) is 7.05 Å². The number of anilines is 1. The molecule has 18 heavy (non-hydrogen) atoms. The molecule has 2 heterocycles. The molecular formula is C14H14N4. The van der Waals surface area contributed by atoms with E-state index in [-0.39, 0.29) is 0 Å². The second kappa shape index (κ2) is 3.84. The molecule has 0 radical (unpaired) electrons. The van der Waals surface area contributed by atoms with Gasteiger partial charge in [0.2, 0.25) is 0 Å². The highest BCUT2D eigenvalue weighted by molar-refractivity contribution is 5.86. The van der Waals surface area contributed by atoms with Gasteiger partial charge in [-0.15, -0.1) is 0 Å². The lowest BCUT2D eigenvalue weighted by atomic mass is 10.1. The molecule has 4 nitrogen and oxygen atoms in total. The third-order valence-corrected chi connectivity index (χ3v) is 3.07. The van der Waals surface area contributed by atoms with Gasteiger partial charge in [0.15, 0.2) is 0 Å². The fourth-order valence-corrected chi connectivity index (χ4v) is 2.18. The summed E-state index contributed by atoms with van der Waals surface area (Å²) < 4.78 is 1.79. The van der Waals surface area contributed by atoms with E-state index in [2.05, 4.69) is 22.2 Å². The molecule has 0 saturated carbocycles. The average Bonchev–Trinajstić information content (AvgIpc) is 2.69. The molecule has 0 aliphatic carbocycles. The van der Waals surface area contributed by atoms with Crippen LogP contribution in [0.5, 0.6) is 0 Å². The van der Waals surface area contributed by atoms with E-state index in [4.69, 9.17) is 5.73 Å². The van der Waals surface area contributed by atoms with Crippen molar-refractivity contribution in [3.05, 3.63) is 42.2 Å². The molecule has 2 N–H and O–H groups in total. The zero-order valence-corrected chi connectivity index (χ0v) is 10.4. The second-order valence-corrected chi connectivity index (χ2v) is 4.43. The highest BCUT2D eigenvalue weighted by atomic mass is 15.3. The van der Waals surface area contributed by atoms with Gasteiger partial charge in [0, 0.05) is 23.7 Å². The first kappa shape index (κ1) is 10.8. The van der Waals surface area contributed by atoms with Gasteiger partial charge in [0.05, 0.1) is 23.1 Å². The normalized spacial score (nSPS) is 11.0. The fraction of sp³-hybridized carbons (Fsp3) is 0.143. The van der Waals surface area contributed by atoms with Gasteiger partial charge in [-0.1, -0.05) is 12.1 Å². The minimum atomic E-state index is 0.692. The summed E-state index contributed by atoms with van der Waals surface area (Å²) in [5.41, 5.74) is 10.7. The van der Waals surface area contributed by atoms with Crippen LogP contribution in [0.2, 0.25) is 0 Å². The number of fused-ring (bicyclic) bond motifs is 1. The van der Waals surface area contributed by atoms with E-state index in [1.54, 1.807) is 10.9 Å². The number of nitrogens with zero attached hydrogens (tertiary/aromatic N) is 3. The zero-order chi connectivity index (χ0) is 12.7. The lowest BCUT2D eigenvalue weighted by molar-refractivity contribution is 0.776. The van der Waals surface area contributed by atoms with Crippen LogP contribution in [0.15, 0.2) is 36.5 Å². The van der Waals surface area contributed by atoms with Crippen LogP contribution in [-0.4, -0.2) is 14.8 Å². The van der Waals surface area contributed by atoms with E-state index in [0.29, 0.717) is 5.69 Å². The Balaban J connectivity index is 2.23. The van der Waals surface area contributed by atoms with E-state index in [9.17, 15) is 0 Å². The summed E-state index contributed by atoms with van der Waals surface area (Å²) in [6.45, 7) is 1.99. The Morgan fingerprint density at radius 3 is 2.72 bits per heavy atom. The van der Waals surface area contributed by atoms with Crippen molar-refractivity contribution in [1.82, 2.24) is 14.8 Å². The Morgan fingerprint density at radius 1 is 1.17 bits per heavy atom. The zero-order valence-electron chi connectivity index (χ0n) is 10.4. The molecule has 0 atom stereocenters. The SMILES string of the molecule is Cc1ccc2cc(-c3c(N)cnn3C)ccc2n1. The summed E-state index contributed by atoms with van der Waals surface area (Å²) in [6, 6.07) is 10.2. The molecule has 0 fully saturated rings. The smallest absolute Gasteiger partial charge is 0.0908 e. The lowest BCUT2D eigenvalue weighted by Gasteiger charge is -2.06. The van der Waals surface area contributed by atoms with Crippen molar-refractivity contribution >= 4 is 16.6 Å². The summed E-state index contributed by atoms with van der Waals surface area (Å²) >= 11 is 0. The number of nitrogens with two attached hydrogens (primary N) is 1. The topological polar surface area (TPSA) is 56.7 Å². The second-order valence-electron chi connectivity index (χ2n) is 4.43. The van der Waals surface area contributed by atoms with Crippen molar-refractivity contribution in [2.75, 3.05) is 5.73 Å². The number of benzene rings is 1. The number of aromatic nitrogens is 3. The van der Waals surface area contributed by atoms with Gasteiger partial charge in [-0.2, -0.15) is 5.10 Å². The van der Waals surface area contributed by atoms with Crippen LogP contribution < -0.4 is 5.73 Å².